The molecule has 0 saturated carbocycles. The number of rotatable bonds is 6. The summed E-state index contributed by atoms with van der Waals surface area (Å²) in [6.07, 6.45) is 0.303. The lowest BCUT2D eigenvalue weighted by molar-refractivity contribution is 0.379. The Hall–Kier alpha value is -1.74. The monoisotopic (exact) mass is 383 g/mol. The number of benzene rings is 1. The first kappa shape index (κ1) is 17.1. The maximum absolute atomic E-state index is 12.2. The van der Waals surface area contributed by atoms with Crippen molar-refractivity contribution in [3.63, 3.8) is 0 Å². The highest BCUT2D eigenvalue weighted by Gasteiger charge is 2.16. The molecule has 6 nitrogen and oxygen atoms in total. The van der Waals surface area contributed by atoms with Gasteiger partial charge in [0.15, 0.2) is 0 Å². The summed E-state index contributed by atoms with van der Waals surface area (Å²) >= 11 is 7.49. The molecular formula is C15H14ClN3O3S2. The van der Waals surface area contributed by atoms with E-state index in [4.69, 9.17) is 16.1 Å². The standard InChI is InChI=1S/C15H14ClN3O3S2/c1-10-4-5-11(9-12(10)16)24(20,21)17-7-6-14-18-15(19-22-14)13-3-2-8-23-13/h2-5,8-9,17H,6-7H2,1H3. The van der Waals surface area contributed by atoms with Crippen molar-refractivity contribution in [1.29, 1.82) is 0 Å². The van der Waals surface area contributed by atoms with E-state index < -0.39 is 10.0 Å². The highest BCUT2D eigenvalue weighted by atomic mass is 35.5. The lowest BCUT2D eigenvalue weighted by Gasteiger charge is -2.07. The zero-order valence-corrected chi connectivity index (χ0v) is 15.1. The van der Waals surface area contributed by atoms with Gasteiger partial charge in [-0.2, -0.15) is 4.98 Å². The minimum absolute atomic E-state index is 0.128. The summed E-state index contributed by atoms with van der Waals surface area (Å²) in [7, 11) is -3.63. The Bertz CT molecular complexity index is 937. The molecule has 1 N–H and O–H groups in total. The van der Waals surface area contributed by atoms with Gasteiger partial charge in [0, 0.05) is 18.0 Å². The van der Waals surface area contributed by atoms with Crippen LogP contribution in [0.3, 0.4) is 0 Å². The topological polar surface area (TPSA) is 85.1 Å². The molecule has 9 heteroatoms. The van der Waals surface area contributed by atoms with Crippen molar-refractivity contribution in [2.24, 2.45) is 0 Å². The van der Waals surface area contributed by atoms with E-state index in [9.17, 15) is 8.42 Å². The van der Waals surface area contributed by atoms with Gasteiger partial charge >= 0.3 is 0 Å². The highest BCUT2D eigenvalue weighted by Crippen LogP contribution is 2.22. The lowest BCUT2D eigenvalue weighted by Crippen LogP contribution is -2.26. The van der Waals surface area contributed by atoms with Gasteiger partial charge in [0.25, 0.3) is 0 Å². The normalized spacial score (nSPS) is 11.8. The Kier molecular flexibility index (Phi) is 5.00. The van der Waals surface area contributed by atoms with Crippen LogP contribution in [0.25, 0.3) is 10.7 Å². The van der Waals surface area contributed by atoms with Crippen molar-refractivity contribution in [2.75, 3.05) is 6.54 Å². The second-order valence-corrected chi connectivity index (χ2v) is 8.17. The number of aromatic nitrogens is 2. The van der Waals surface area contributed by atoms with E-state index in [2.05, 4.69) is 14.9 Å². The molecule has 0 aliphatic rings. The summed E-state index contributed by atoms with van der Waals surface area (Å²) in [5, 5.41) is 6.22. The Balaban J connectivity index is 1.62. The smallest absolute Gasteiger partial charge is 0.240 e. The van der Waals surface area contributed by atoms with Crippen LogP contribution in [-0.4, -0.2) is 25.1 Å². The largest absolute Gasteiger partial charge is 0.339 e. The van der Waals surface area contributed by atoms with Gasteiger partial charge in [-0.15, -0.1) is 11.3 Å². The van der Waals surface area contributed by atoms with Crippen LogP contribution in [0.15, 0.2) is 45.1 Å². The van der Waals surface area contributed by atoms with Crippen molar-refractivity contribution in [2.45, 2.75) is 18.2 Å². The molecule has 0 atom stereocenters. The average Bonchev–Trinajstić information content (AvgIpc) is 3.20. The number of nitrogens with zero attached hydrogens (tertiary/aromatic N) is 2. The first-order chi connectivity index (χ1) is 11.5. The highest BCUT2D eigenvalue weighted by molar-refractivity contribution is 7.89. The van der Waals surface area contributed by atoms with Gasteiger partial charge in [0.1, 0.15) is 0 Å². The minimum Gasteiger partial charge on any atom is -0.339 e. The van der Waals surface area contributed by atoms with Crippen molar-refractivity contribution in [3.8, 4) is 10.7 Å². The van der Waals surface area contributed by atoms with Crippen molar-refractivity contribution in [3.05, 3.63) is 52.2 Å². The first-order valence-corrected chi connectivity index (χ1v) is 9.82. The zero-order chi connectivity index (χ0) is 17.2. The molecule has 3 rings (SSSR count). The molecule has 24 heavy (non-hydrogen) atoms. The second-order valence-electron chi connectivity index (χ2n) is 5.05. The number of sulfonamides is 1. The van der Waals surface area contributed by atoms with Crippen LogP contribution in [0, 0.1) is 6.92 Å². The quantitative estimate of drug-likeness (QED) is 0.706. The Morgan fingerprint density at radius 3 is 2.88 bits per heavy atom. The summed E-state index contributed by atoms with van der Waals surface area (Å²) < 4.78 is 32.1. The molecule has 0 radical (unpaired) electrons. The second kappa shape index (κ2) is 7.02. The van der Waals surface area contributed by atoms with E-state index in [0.717, 1.165) is 10.4 Å². The molecular weight excluding hydrogens is 370 g/mol. The van der Waals surface area contributed by atoms with E-state index in [1.807, 2.05) is 24.4 Å². The van der Waals surface area contributed by atoms with Crippen molar-refractivity contribution in [1.82, 2.24) is 14.9 Å². The third-order valence-electron chi connectivity index (χ3n) is 3.29. The molecule has 126 valence electrons. The molecule has 1 aromatic carbocycles. The molecule has 2 heterocycles. The van der Waals surface area contributed by atoms with Crippen LogP contribution in [0.4, 0.5) is 0 Å². The fraction of sp³-hybridized carbons (Fsp3) is 0.200. The molecule has 3 aromatic rings. The van der Waals surface area contributed by atoms with Crippen LogP contribution in [0.1, 0.15) is 11.5 Å². The summed E-state index contributed by atoms with van der Waals surface area (Å²) in [6.45, 7) is 1.97. The predicted octanol–water partition coefficient (Wildman–Crippen LogP) is 3.28. The predicted molar refractivity (Wildman–Crippen MR) is 92.7 cm³/mol. The molecule has 0 fully saturated rings. The minimum atomic E-state index is -3.63. The van der Waals surface area contributed by atoms with E-state index in [-0.39, 0.29) is 11.4 Å². The number of hydrogen-bond donors (Lipinski definition) is 1. The molecule has 0 aliphatic carbocycles. The molecule has 0 unspecified atom stereocenters. The van der Waals surface area contributed by atoms with Gasteiger partial charge in [-0.1, -0.05) is 28.9 Å². The molecule has 0 aliphatic heterocycles. The number of hydrogen-bond acceptors (Lipinski definition) is 6. The molecule has 0 bridgehead atoms. The summed E-state index contributed by atoms with van der Waals surface area (Å²) in [5.41, 5.74) is 0.822. The fourth-order valence-electron chi connectivity index (χ4n) is 1.98. The van der Waals surface area contributed by atoms with Gasteiger partial charge in [-0.05, 0) is 36.1 Å². The van der Waals surface area contributed by atoms with Gasteiger partial charge in [0.05, 0.1) is 9.77 Å². The Labute approximate surface area is 148 Å². The van der Waals surface area contributed by atoms with E-state index in [1.54, 1.807) is 6.07 Å². The van der Waals surface area contributed by atoms with E-state index in [1.165, 1.54) is 23.5 Å². The van der Waals surface area contributed by atoms with E-state index in [0.29, 0.717) is 23.2 Å². The van der Waals surface area contributed by atoms with Crippen LogP contribution in [0.2, 0.25) is 5.02 Å². The third-order valence-corrected chi connectivity index (χ3v) is 6.03. The summed E-state index contributed by atoms with van der Waals surface area (Å²) in [6, 6.07) is 8.41. The molecule has 0 spiro atoms. The lowest BCUT2D eigenvalue weighted by atomic mass is 10.2. The summed E-state index contributed by atoms with van der Waals surface area (Å²) in [5.74, 6) is 0.885. The molecule has 0 amide bonds. The van der Waals surface area contributed by atoms with Crippen LogP contribution >= 0.6 is 22.9 Å². The summed E-state index contributed by atoms with van der Waals surface area (Å²) in [4.78, 5) is 5.28. The molecule has 0 saturated heterocycles. The Morgan fingerprint density at radius 1 is 1.33 bits per heavy atom. The maximum Gasteiger partial charge on any atom is 0.240 e. The van der Waals surface area contributed by atoms with Crippen molar-refractivity contribution >= 4 is 33.0 Å². The van der Waals surface area contributed by atoms with Gasteiger partial charge < -0.3 is 4.52 Å². The number of nitrogens with one attached hydrogen (secondary N) is 1. The molecule has 2 aromatic heterocycles. The fourth-order valence-corrected chi connectivity index (χ4v) is 3.93. The zero-order valence-electron chi connectivity index (χ0n) is 12.7. The number of aryl methyl sites for hydroxylation is 1. The first-order valence-electron chi connectivity index (χ1n) is 7.08. The van der Waals surface area contributed by atoms with Crippen molar-refractivity contribution < 1.29 is 12.9 Å². The number of halogens is 1. The van der Waals surface area contributed by atoms with Gasteiger partial charge in [-0.3, -0.25) is 0 Å². The van der Waals surface area contributed by atoms with Crippen LogP contribution in [0.5, 0.6) is 0 Å². The SMILES string of the molecule is Cc1ccc(S(=O)(=O)NCCc2nc(-c3cccs3)no2)cc1Cl. The van der Waals surface area contributed by atoms with Crippen LogP contribution in [-0.2, 0) is 16.4 Å². The maximum atomic E-state index is 12.2. The number of thiophene rings is 1. The van der Waals surface area contributed by atoms with Gasteiger partial charge in [0.2, 0.25) is 21.7 Å². The van der Waals surface area contributed by atoms with Gasteiger partial charge in [-0.25, -0.2) is 13.1 Å². The third kappa shape index (κ3) is 3.84. The van der Waals surface area contributed by atoms with E-state index >= 15 is 0 Å². The Morgan fingerprint density at radius 2 is 2.17 bits per heavy atom. The van der Waals surface area contributed by atoms with Crippen LogP contribution < -0.4 is 4.72 Å². The average molecular weight is 384 g/mol.